The lowest BCUT2D eigenvalue weighted by Crippen LogP contribution is -2.49. The Bertz CT molecular complexity index is 2510. The van der Waals surface area contributed by atoms with Crippen molar-refractivity contribution in [1.29, 1.82) is 0 Å². The fourth-order valence-corrected chi connectivity index (χ4v) is 11.6. The third-order valence-corrected chi connectivity index (χ3v) is 16.1. The number of rotatable bonds is 17. The lowest BCUT2D eigenvalue weighted by molar-refractivity contribution is -0.123. The van der Waals surface area contributed by atoms with Crippen LogP contribution in [0.3, 0.4) is 0 Å². The standard InChI is InChI=1S/C34H44N4O2.C25H36F3N3O2.2C2H6/c1-22(24(3)38-17-14-28(15-18-38)27-9-7-26(8-10-27)25(4)39)19-31-23(2)35-16-13-30(31)29-11-12-32-33(20-29)37(5)34(36-32)21-40-6;1-3-5-17(6-4-2)15-31-12-11-21(25(27,28)16-31)20-9-7-18(13-22(20)26)30-23-10-8-19(32)14-29-24(23)33;2*1-2/h7,9,11-13,16,19-20,24,28,34,36H,8,10,14-15,17-18,21H2,1-6H3;7,9,13,17,21,23,30H,3-6,8,10-12,14-16H2,1-2H3,(H,29,33);2*1-2H3/b22-19+;;;. The summed E-state index contributed by atoms with van der Waals surface area (Å²) in [5.41, 5.74) is 11.2. The van der Waals surface area contributed by atoms with Crippen molar-refractivity contribution in [2.24, 2.45) is 11.8 Å². The maximum Gasteiger partial charge on any atom is 0.267 e. The number of aryl methyl sites for hydroxylation is 1. The number of halogens is 3. The summed E-state index contributed by atoms with van der Waals surface area (Å²) >= 11 is 0. The van der Waals surface area contributed by atoms with E-state index in [1.54, 1.807) is 20.1 Å². The first-order chi connectivity index (χ1) is 37.0. The Morgan fingerprint density at radius 1 is 0.935 bits per heavy atom. The van der Waals surface area contributed by atoms with E-state index in [0.717, 1.165) is 68.6 Å². The molecule has 3 saturated heterocycles. The zero-order valence-corrected chi connectivity index (χ0v) is 48.6. The Labute approximate surface area is 459 Å². The molecule has 77 heavy (non-hydrogen) atoms. The van der Waals surface area contributed by atoms with Crippen molar-refractivity contribution in [3.63, 3.8) is 0 Å². The number of piperidine rings is 2. The molecule has 0 spiro atoms. The van der Waals surface area contributed by atoms with Crippen LogP contribution >= 0.6 is 0 Å². The minimum absolute atomic E-state index is 0.00424. The molecule has 0 radical (unpaired) electrons. The highest BCUT2D eigenvalue weighted by atomic mass is 19.3. The van der Waals surface area contributed by atoms with Crippen LogP contribution in [0.1, 0.15) is 156 Å². The number of carbonyl (C=O) groups excluding carboxylic acids is 3. The monoisotopic (exact) mass is 1070 g/mol. The number of pyridine rings is 1. The van der Waals surface area contributed by atoms with Gasteiger partial charge in [0.25, 0.3) is 5.92 Å². The summed E-state index contributed by atoms with van der Waals surface area (Å²) in [4.78, 5) is 46.7. The molecule has 4 aliphatic heterocycles. The van der Waals surface area contributed by atoms with Gasteiger partial charge in [-0.25, -0.2) is 13.2 Å². The van der Waals surface area contributed by atoms with Gasteiger partial charge in [-0.15, -0.1) is 0 Å². The molecule has 3 N–H and O–H groups in total. The number of Topliss-reactive ketones (excluding diaryl/α,β-unsaturated/α-hetero) is 2. The van der Waals surface area contributed by atoms with Crippen LogP contribution in [0.15, 0.2) is 77.5 Å². The van der Waals surface area contributed by atoms with E-state index in [1.165, 1.54) is 58.5 Å². The lowest BCUT2D eigenvalue weighted by Gasteiger charge is -2.40. The first-order valence-electron chi connectivity index (χ1n) is 28.9. The Morgan fingerprint density at radius 2 is 1.65 bits per heavy atom. The van der Waals surface area contributed by atoms with Crippen molar-refractivity contribution in [2.45, 2.75) is 170 Å². The second-order valence-corrected chi connectivity index (χ2v) is 21.2. The first kappa shape index (κ1) is 62.5. The minimum Gasteiger partial charge on any atom is -0.381 e. The molecule has 11 nitrogen and oxygen atoms in total. The summed E-state index contributed by atoms with van der Waals surface area (Å²) in [5, 5.41) is 9.03. The van der Waals surface area contributed by atoms with Gasteiger partial charge in [0.1, 0.15) is 18.0 Å². The number of anilines is 3. The van der Waals surface area contributed by atoms with Crippen LogP contribution in [-0.4, -0.2) is 116 Å². The van der Waals surface area contributed by atoms with E-state index in [0.29, 0.717) is 49.7 Å². The van der Waals surface area contributed by atoms with Crippen molar-refractivity contribution in [2.75, 3.05) is 75.6 Å². The molecule has 0 saturated carbocycles. The zero-order valence-electron chi connectivity index (χ0n) is 48.6. The fraction of sp³-hybridized carbons (Fsp3) is 0.587. The van der Waals surface area contributed by atoms with Gasteiger partial charge in [-0.2, -0.15) is 0 Å². The van der Waals surface area contributed by atoms with E-state index in [1.807, 2.05) is 38.8 Å². The molecule has 0 bridgehead atoms. The van der Waals surface area contributed by atoms with E-state index in [9.17, 15) is 18.8 Å². The normalized spacial score (nSPS) is 21.3. The highest BCUT2D eigenvalue weighted by molar-refractivity contribution is 5.94. The molecule has 5 heterocycles. The van der Waals surface area contributed by atoms with Crippen molar-refractivity contribution in [3.05, 3.63) is 100 Å². The average molecular weight is 1070 g/mol. The number of hydrogen-bond acceptors (Lipinski definition) is 10. The summed E-state index contributed by atoms with van der Waals surface area (Å²) in [7, 11) is 3.86. The van der Waals surface area contributed by atoms with Crippen LogP contribution < -0.4 is 20.9 Å². The number of methoxy groups -OCH3 is 1. The number of aromatic nitrogens is 1. The van der Waals surface area contributed by atoms with Crippen LogP contribution in [0.4, 0.5) is 30.2 Å². The van der Waals surface area contributed by atoms with E-state index >= 15 is 8.78 Å². The second-order valence-electron chi connectivity index (χ2n) is 21.2. The maximum atomic E-state index is 15.1. The van der Waals surface area contributed by atoms with Crippen molar-refractivity contribution < 1.29 is 32.3 Å². The Balaban J connectivity index is 0.000000272. The molecular formula is C63H92F3N7O4. The van der Waals surface area contributed by atoms with Crippen molar-refractivity contribution in [1.82, 2.24) is 20.1 Å². The van der Waals surface area contributed by atoms with Gasteiger partial charge in [0, 0.05) is 56.3 Å². The molecule has 1 aliphatic carbocycles. The van der Waals surface area contributed by atoms with Gasteiger partial charge < -0.3 is 25.6 Å². The molecule has 2 aromatic carbocycles. The van der Waals surface area contributed by atoms with Gasteiger partial charge in [-0.1, -0.05) is 95.9 Å². The molecule has 424 valence electrons. The number of ether oxygens (including phenoxy) is 1. The zero-order chi connectivity index (χ0) is 56.4. The van der Waals surface area contributed by atoms with Crippen molar-refractivity contribution in [3.8, 4) is 11.1 Å². The van der Waals surface area contributed by atoms with Gasteiger partial charge in [0.2, 0.25) is 5.91 Å². The molecule has 3 aromatic rings. The third-order valence-electron chi connectivity index (χ3n) is 16.1. The van der Waals surface area contributed by atoms with E-state index in [2.05, 4.69) is 115 Å². The number of alkyl halides is 2. The number of amides is 1. The first-order valence-corrected chi connectivity index (χ1v) is 28.9. The van der Waals surface area contributed by atoms with Gasteiger partial charge in [0.15, 0.2) is 11.6 Å². The number of fused-ring (bicyclic) bond motifs is 1. The van der Waals surface area contributed by atoms with Crippen LogP contribution in [0.5, 0.6) is 0 Å². The largest absolute Gasteiger partial charge is 0.381 e. The summed E-state index contributed by atoms with van der Waals surface area (Å²) in [6.07, 6.45) is 17.9. The SMILES string of the molecule is CC.CC.CCCC(CCC)CN1CCC(c2ccc(NC3CCC(=O)CNC3=O)cc2F)C(F)(F)C1.COCC1Nc2ccc(-c3ccnc(C)c3/C=C(\C)C(C)N3CCC(C4=CC=C(C(C)=O)CC4)CC3)cc2N1C. The molecule has 14 heteroatoms. The molecule has 1 aromatic heterocycles. The summed E-state index contributed by atoms with van der Waals surface area (Å²) in [6, 6.07) is 12.6. The molecule has 5 aliphatic rings. The third kappa shape index (κ3) is 16.6. The second kappa shape index (κ2) is 30.2. The number of hydrogen-bond donors (Lipinski definition) is 3. The highest BCUT2D eigenvalue weighted by Crippen LogP contribution is 2.43. The number of nitrogens with one attached hydrogen (secondary N) is 3. The van der Waals surface area contributed by atoms with Crippen molar-refractivity contribution >= 4 is 40.6 Å². The minimum atomic E-state index is -3.02. The number of likely N-dealkylation sites (N-methyl/N-ethyl adjacent to an activating group) is 1. The Hall–Kier alpha value is -5.31. The predicted molar refractivity (Wildman–Crippen MR) is 311 cm³/mol. The maximum absolute atomic E-state index is 15.1. The summed E-state index contributed by atoms with van der Waals surface area (Å²) in [6.45, 7) is 24.3. The summed E-state index contributed by atoms with van der Waals surface area (Å²) < 4.78 is 50.5. The highest BCUT2D eigenvalue weighted by Gasteiger charge is 2.46. The van der Waals surface area contributed by atoms with Crippen LogP contribution in [0, 0.1) is 24.6 Å². The smallest absolute Gasteiger partial charge is 0.267 e. The molecule has 8 rings (SSSR count). The van der Waals surface area contributed by atoms with Gasteiger partial charge in [0.05, 0.1) is 37.0 Å². The number of carbonyl (C=O) groups is 3. The topological polar surface area (TPSA) is 119 Å². The lowest BCUT2D eigenvalue weighted by atomic mass is 9.82. The Morgan fingerprint density at radius 3 is 2.27 bits per heavy atom. The summed E-state index contributed by atoms with van der Waals surface area (Å²) in [5.74, 6) is -3.99. The molecule has 3 fully saturated rings. The van der Waals surface area contributed by atoms with E-state index in [4.69, 9.17) is 4.74 Å². The van der Waals surface area contributed by atoms with Crippen LogP contribution in [-0.2, 0) is 19.1 Å². The average Bonchev–Trinajstić information content (AvgIpc) is 3.66. The number of likely N-dealkylation sites (tertiary alicyclic amines) is 2. The molecule has 4 atom stereocenters. The number of benzene rings is 2. The van der Waals surface area contributed by atoms with E-state index < -0.39 is 23.7 Å². The van der Waals surface area contributed by atoms with Gasteiger partial charge in [-0.3, -0.25) is 29.2 Å². The Kier molecular flexibility index (Phi) is 24.5. The number of nitrogens with zero attached hydrogens (tertiary/aromatic N) is 4. The fourth-order valence-electron chi connectivity index (χ4n) is 11.6. The molecule has 1 amide bonds. The van der Waals surface area contributed by atoms with Crippen LogP contribution in [0.25, 0.3) is 17.2 Å². The quantitative estimate of drug-likeness (QED) is 0.121. The number of allylic oxidation sites excluding steroid dienone is 4. The van der Waals surface area contributed by atoms with E-state index in [-0.39, 0.29) is 55.1 Å². The molecular weight excluding hydrogens is 976 g/mol. The van der Waals surface area contributed by atoms with Gasteiger partial charge >= 0.3 is 0 Å². The van der Waals surface area contributed by atoms with Crippen LogP contribution in [0.2, 0.25) is 0 Å². The predicted octanol–water partition coefficient (Wildman–Crippen LogP) is 13.4. The number of ketones is 2. The van der Waals surface area contributed by atoms with Gasteiger partial charge in [-0.05, 0) is 163 Å². The molecule has 4 unspecified atom stereocenters.